The third kappa shape index (κ3) is 5.99. The van der Waals surface area contributed by atoms with Gasteiger partial charge in [0.1, 0.15) is 5.82 Å². The second-order valence-electron chi connectivity index (χ2n) is 10.9. The van der Waals surface area contributed by atoms with Crippen LogP contribution in [-0.2, 0) is 6.54 Å². The number of aryl methyl sites for hydroxylation is 2. The highest BCUT2D eigenvalue weighted by atomic mass is 35.5. The maximum atomic E-state index is 14.5. The van der Waals surface area contributed by atoms with E-state index in [1.165, 1.54) is 11.6 Å². The first kappa shape index (κ1) is 27.3. The zero-order chi connectivity index (χ0) is 27.7. The molecule has 39 heavy (non-hydrogen) atoms. The molecule has 8 heteroatoms. The number of halogens is 2. The van der Waals surface area contributed by atoms with Crippen LogP contribution in [0.3, 0.4) is 0 Å². The summed E-state index contributed by atoms with van der Waals surface area (Å²) in [6, 6.07) is 10.4. The minimum absolute atomic E-state index is 0.119. The Morgan fingerprint density at radius 1 is 1.13 bits per heavy atom. The van der Waals surface area contributed by atoms with E-state index in [1.54, 1.807) is 0 Å². The molecule has 5 rings (SSSR count). The average molecular weight is 547 g/mol. The van der Waals surface area contributed by atoms with Crippen LogP contribution in [0.5, 0.6) is 0 Å². The number of rotatable bonds is 7. The van der Waals surface area contributed by atoms with Gasteiger partial charge in [-0.05, 0) is 87.6 Å². The van der Waals surface area contributed by atoms with Crippen molar-refractivity contribution in [2.24, 2.45) is 0 Å². The van der Waals surface area contributed by atoms with Crippen LogP contribution in [0.4, 0.5) is 15.9 Å². The molecule has 6 nitrogen and oxygen atoms in total. The Bertz CT molecular complexity index is 1390. The van der Waals surface area contributed by atoms with Crippen LogP contribution < -0.4 is 9.80 Å². The molecule has 0 saturated carbocycles. The van der Waals surface area contributed by atoms with Gasteiger partial charge < -0.3 is 9.80 Å². The Morgan fingerprint density at radius 3 is 2.67 bits per heavy atom. The monoisotopic (exact) mass is 546 g/mol. The van der Waals surface area contributed by atoms with Gasteiger partial charge in [-0.1, -0.05) is 18.2 Å². The normalized spacial score (nSPS) is 17.6. The molecule has 1 atom stereocenters. The summed E-state index contributed by atoms with van der Waals surface area (Å²) in [5.41, 5.74) is 6.94. The fourth-order valence-corrected chi connectivity index (χ4v) is 5.63. The summed E-state index contributed by atoms with van der Waals surface area (Å²) in [5.74, 6) is 0.123. The van der Waals surface area contributed by atoms with Crippen molar-refractivity contribution in [1.29, 1.82) is 0 Å². The molecule has 2 aliphatic heterocycles. The smallest absolute Gasteiger partial charge is 0.167 e. The molecule has 0 bridgehead atoms. The van der Waals surface area contributed by atoms with E-state index in [2.05, 4.69) is 80.5 Å². The molecule has 0 unspecified atom stereocenters. The predicted molar refractivity (Wildman–Crippen MR) is 158 cm³/mol. The van der Waals surface area contributed by atoms with Crippen molar-refractivity contribution in [3.8, 4) is 0 Å². The zero-order valence-electron chi connectivity index (χ0n) is 23.2. The Hall–Kier alpha value is -3.29. The van der Waals surface area contributed by atoms with Crippen LogP contribution in [0.1, 0.15) is 49.2 Å². The average Bonchev–Trinajstić information content (AvgIpc) is 2.91. The lowest BCUT2D eigenvalue weighted by atomic mass is 9.94. The molecule has 0 aromatic carbocycles. The largest absolute Gasteiger partial charge is 0.369 e. The first-order chi connectivity index (χ1) is 18.7. The topological polar surface area (TPSA) is 48.4 Å². The van der Waals surface area contributed by atoms with Crippen molar-refractivity contribution in [1.82, 2.24) is 19.9 Å². The molecule has 204 valence electrons. The van der Waals surface area contributed by atoms with Crippen molar-refractivity contribution < 1.29 is 4.39 Å². The highest BCUT2D eigenvalue weighted by molar-refractivity contribution is 6.29. The highest BCUT2D eigenvalue weighted by Gasteiger charge is 2.31. The predicted octanol–water partition coefficient (Wildman–Crippen LogP) is 6.58. The lowest BCUT2D eigenvalue weighted by molar-refractivity contribution is 0.183. The Labute approximate surface area is 235 Å². The van der Waals surface area contributed by atoms with E-state index >= 15 is 0 Å². The lowest BCUT2D eigenvalue weighted by Gasteiger charge is -2.42. The summed E-state index contributed by atoms with van der Waals surface area (Å²) in [6.07, 6.45) is 8.16. The van der Waals surface area contributed by atoms with Crippen molar-refractivity contribution in [2.45, 2.75) is 59.2 Å². The van der Waals surface area contributed by atoms with Gasteiger partial charge in [0.2, 0.25) is 0 Å². The van der Waals surface area contributed by atoms with Crippen LogP contribution in [0.15, 0.2) is 61.1 Å². The fraction of sp³-hybridized carbons (Fsp3) is 0.387. The number of aromatic nitrogens is 3. The minimum atomic E-state index is -0.528. The van der Waals surface area contributed by atoms with Crippen molar-refractivity contribution in [3.05, 3.63) is 94.6 Å². The lowest BCUT2D eigenvalue weighted by Crippen LogP contribution is -2.48. The summed E-state index contributed by atoms with van der Waals surface area (Å²) >= 11 is 6.08. The number of fused-ring (bicyclic) bond motifs is 1. The molecule has 3 aromatic heterocycles. The first-order valence-electron chi connectivity index (χ1n) is 13.6. The van der Waals surface area contributed by atoms with Gasteiger partial charge in [0.05, 0.1) is 11.9 Å². The van der Waals surface area contributed by atoms with Gasteiger partial charge in [0, 0.05) is 67.6 Å². The van der Waals surface area contributed by atoms with E-state index in [4.69, 9.17) is 11.6 Å². The van der Waals surface area contributed by atoms with E-state index in [0.29, 0.717) is 24.0 Å². The molecule has 2 aliphatic rings. The van der Waals surface area contributed by atoms with Crippen LogP contribution in [0.2, 0.25) is 5.15 Å². The maximum Gasteiger partial charge on any atom is 0.167 e. The van der Waals surface area contributed by atoms with E-state index < -0.39 is 5.82 Å². The van der Waals surface area contributed by atoms with E-state index in [0.717, 1.165) is 60.7 Å². The molecule has 5 heterocycles. The molecular weight excluding hydrogens is 511 g/mol. The summed E-state index contributed by atoms with van der Waals surface area (Å²) in [5, 5.41) is -0.119. The summed E-state index contributed by atoms with van der Waals surface area (Å²) in [7, 11) is 0. The molecule has 0 aliphatic carbocycles. The highest BCUT2D eigenvalue weighted by Crippen LogP contribution is 2.38. The molecular formula is C31H36ClFN6. The summed E-state index contributed by atoms with van der Waals surface area (Å²) in [4.78, 5) is 20.3. The van der Waals surface area contributed by atoms with Crippen molar-refractivity contribution in [2.75, 3.05) is 29.4 Å². The van der Waals surface area contributed by atoms with Gasteiger partial charge in [-0.25, -0.2) is 9.37 Å². The number of hydrogen-bond acceptors (Lipinski definition) is 6. The van der Waals surface area contributed by atoms with Gasteiger partial charge in [-0.2, -0.15) is 0 Å². The molecule has 0 N–H and O–H groups in total. The molecule has 1 fully saturated rings. The Balaban J connectivity index is 1.47. The molecule has 1 saturated heterocycles. The van der Waals surface area contributed by atoms with Gasteiger partial charge in [0.25, 0.3) is 0 Å². The fourth-order valence-electron chi connectivity index (χ4n) is 5.49. The number of anilines is 2. The second-order valence-corrected chi connectivity index (χ2v) is 11.2. The van der Waals surface area contributed by atoms with Gasteiger partial charge >= 0.3 is 0 Å². The van der Waals surface area contributed by atoms with E-state index in [9.17, 15) is 4.39 Å². The molecule has 3 aromatic rings. The number of hydrogen-bond donors (Lipinski definition) is 0. The van der Waals surface area contributed by atoms with E-state index in [1.807, 2.05) is 26.2 Å². The Morgan fingerprint density at radius 2 is 1.95 bits per heavy atom. The van der Waals surface area contributed by atoms with Crippen LogP contribution in [0.25, 0.3) is 5.57 Å². The van der Waals surface area contributed by atoms with Gasteiger partial charge in [0.15, 0.2) is 11.0 Å². The van der Waals surface area contributed by atoms with Crippen LogP contribution in [0, 0.1) is 19.7 Å². The van der Waals surface area contributed by atoms with Crippen molar-refractivity contribution in [3.63, 3.8) is 0 Å². The standard InChI is InChI=1S/C31H36ClFN6/c1-20(2)39-18-25(23(5)28-14-29(33)30(32)36-31(28)39)17-38(16-24-10-11-34-22(4)13-24)27-7-6-12-37(19-27)26-9-8-21(3)35-15-26/h8-11,13-15,18,20,27H,5-7,12,16-17,19H2,1-4H3/t27-/m0/s1. The Kier molecular flexibility index (Phi) is 8.01. The van der Waals surface area contributed by atoms with Crippen molar-refractivity contribution >= 4 is 28.7 Å². The second kappa shape index (κ2) is 11.4. The number of pyridine rings is 3. The third-order valence-electron chi connectivity index (χ3n) is 7.62. The number of piperidine rings is 1. The SMILES string of the molecule is C=C1C(CN(Cc2ccnc(C)c2)[C@H]2CCCN(c3ccc(C)nc3)C2)=CN(C(C)C)c2nc(Cl)c(F)cc21. The summed E-state index contributed by atoms with van der Waals surface area (Å²) < 4.78 is 14.5. The molecule has 0 spiro atoms. The van der Waals surface area contributed by atoms with Crippen LogP contribution >= 0.6 is 11.6 Å². The van der Waals surface area contributed by atoms with Gasteiger partial charge in [-0.15, -0.1) is 0 Å². The molecule has 0 amide bonds. The quantitative estimate of drug-likeness (QED) is 0.312. The summed E-state index contributed by atoms with van der Waals surface area (Å²) in [6.45, 7) is 16.0. The maximum absolute atomic E-state index is 14.5. The van der Waals surface area contributed by atoms with Crippen LogP contribution in [-0.4, -0.2) is 51.6 Å². The number of nitrogens with zero attached hydrogens (tertiary/aromatic N) is 6. The first-order valence-corrected chi connectivity index (χ1v) is 14.0. The van der Waals surface area contributed by atoms with Gasteiger partial charge in [-0.3, -0.25) is 14.9 Å². The zero-order valence-corrected chi connectivity index (χ0v) is 23.9. The van der Waals surface area contributed by atoms with E-state index in [-0.39, 0.29) is 11.2 Å². The molecule has 0 radical (unpaired) electrons. The minimum Gasteiger partial charge on any atom is -0.369 e. The third-order valence-corrected chi connectivity index (χ3v) is 7.88.